The highest BCUT2D eigenvalue weighted by molar-refractivity contribution is 6.01. The van der Waals surface area contributed by atoms with Gasteiger partial charge >= 0.3 is 0 Å². The topological polar surface area (TPSA) is 41.5 Å². The fraction of sp³-hybridized carbons (Fsp3) is 0.241. The molecule has 0 saturated carbocycles. The van der Waals surface area contributed by atoms with Gasteiger partial charge in [-0.2, -0.15) is 0 Å². The highest BCUT2D eigenvalue weighted by atomic mass is 19.3. The molecule has 3 nitrogen and oxygen atoms in total. The largest absolute Gasteiger partial charge is 0.348 e. The molecule has 0 aliphatic carbocycles. The molecule has 5 heteroatoms. The van der Waals surface area contributed by atoms with Gasteiger partial charge < -0.3 is 5.32 Å². The second kappa shape index (κ2) is 12.0. The van der Waals surface area contributed by atoms with Crippen molar-refractivity contribution in [3.8, 4) is 0 Å². The first kappa shape index (κ1) is 26.7. The van der Waals surface area contributed by atoms with E-state index in [-0.39, 0.29) is 11.6 Å². The molecule has 0 unspecified atom stereocenters. The summed E-state index contributed by atoms with van der Waals surface area (Å²) in [6.07, 6.45) is 7.81. The van der Waals surface area contributed by atoms with Gasteiger partial charge in [0.25, 0.3) is 11.8 Å². The molecule has 1 heterocycles. The number of hydrogen-bond donors (Lipinski definition) is 1. The van der Waals surface area contributed by atoms with Gasteiger partial charge in [0.15, 0.2) is 0 Å². The summed E-state index contributed by atoms with van der Waals surface area (Å²) < 4.78 is 27.4. The first-order valence-corrected chi connectivity index (χ1v) is 11.1. The first-order valence-electron chi connectivity index (χ1n) is 11.1. The van der Waals surface area contributed by atoms with Crippen LogP contribution in [0, 0.1) is 0 Å². The van der Waals surface area contributed by atoms with Crippen LogP contribution in [0.15, 0.2) is 90.0 Å². The van der Waals surface area contributed by atoms with Crippen LogP contribution in [0.25, 0.3) is 11.3 Å². The summed E-state index contributed by atoms with van der Waals surface area (Å²) in [7, 11) is 0. The third kappa shape index (κ3) is 7.20. The van der Waals surface area contributed by atoms with Crippen molar-refractivity contribution in [2.24, 2.45) is 4.99 Å². The van der Waals surface area contributed by atoms with E-state index in [2.05, 4.69) is 16.9 Å². The molecule has 0 atom stereocenters. The molecule has 1 aliphatic rings. The minimum absolute atomic E-state index is 0.114. The van der Waals surface area contributed by atoms with Gasteiger partial charge in [0.05, 0.1) is 11.4 Å². The third-order valence-corrected chi connectivity index (χ3v) is 5.35. The van der Waals surface area contributed by atoms with Crippen LogP contribution in [0.1, 0.15) is 61.7 Å². The van der Waals surface area contributed by atoms with Gasteiger partial charge in [-0.25, -0.2) is 8.78 Å². The van der Waals surface area contributed by atoms with E-state index in [4.69, 9.17) is 0 Å². The number of nitrogens with zero attached hydrogens (tertiary/aromatic N) is 1. The molecule has 2 aromatic carbocycles. The molecule has 0 aromatic heterocycles. The smallest absolute Gasteiger partial charge is 0.282 e. The molecule has 34 heavy (non-hydrogen) atoms. The third-order valence-electron chi connectivity index (χ3n) is 5.35. The Morgan fingerprint density at radius 1 is 1.09 bits per heavy atom. The molecule has 1 N–H and O–H groups in total. The molecule has 178 valence electrons. The molecular formula is C29H32F2N2O. The number of carbonyl (C=O) groups is 1. The van der Waals surface area contributed by atoms with E-state index in [0.717, 1.165) is 23.6 Å². The van der Waals surface area contributed by atoms with Crippen molar-refractivity contribution in [2.75, 3.05) is 0 Å². The van der Waals surface area contributed by atoms with Crippen LogP contribution >= 0.6 is 0 Å². The number of amides is 1. The molecule has 0 spiro atoms. The average Bonchev–Trinajstić information content (AvgIpc) is 3.17. The van der Waals surface area contributed by atoms with Gasteiger partial charge in [0, 0.05) is 24.6 Å². The Morgan fingerprint density at radius 3 is 2.35 bits per heavy atom. The molecule has 0 fully saturated rings. The lowest BCUT2D eigenvalue weighted by molar-refractivity contribution is 0.0964. The van der Waals surface area contributed by atoms with Crippen LogP contribution in [0.5, 0.6) is 0 Å². The van der Waals surface area contributed by atoms with Gasteiger partial charge in [-0.3, -0.25) is 9.79 Å². The zero-order chi connectivity index (χ0) is 25.3. The maximum absolute atomic E-state index is 13.7. The summed E-state index contributed by atoms with van der Waals surface area (Å²) in [5.74, 6) is -3.12. The minimum atomic E-state index is -3.00. The summed E-state index contributed by atoms with van der Waals surface area (Å²) in [6, 6.07) is 14.9. The Bertz CT molecular complexity index is 1150. The number of nitrogens with one attached hydrogen (secondary N) is 1. The molecule has 2 aromatic rings. The van der Waals surface area contributed by atoms with Crippen molar-refractivity contribution in [1.82, 2.24) is 5.32 Å². The lowest BCUT2D eigenvalue weighted by Crippen LogP contribution is -2.21. The van der Waals surface area contributed by atoms with Crippen LogP contribution in [-0.2, 0) is 6.54 Å². The fourth-order valence-electron chi connectivity index (χ4n) is 3.34. The molecule has 1 aliphatic heterocycles. The monoisotopic (exact) mass is 462 g/mol. The predicted octanol–water partition coefficient (Wildman–Crippen LogP) is 7.63. The number of allylic oxidation sites excluding steroid dienone is 6. The van der Waals surface area contributed by atoms with Crippen LogP contribution < -0.4 is 5.32 Å². The number of halogens is 2. The van der Waals surface area contributed by atoms with Gasteiger partial charge in [-0.15, -0.1) is 0 Å². The highest BCUT2D eigenvalue weighted by Gasteiger charge is 2.27. The number of aliphatic imine (C=N–C) groups is 1. The summed E-state index contributed by atoms with van der Waals surface area (Å²) in [4.78, 5) is 16.0. The van der Waals surface area contributed by atoms with Gasteiger partial charge in [-0.05, 0) is 56.5 Å². The molecule has 0 saturated heterocycles. The van der Waals surface area contributed by atoms with E-state index >= 15 is 0 Å². The molecular weight excluding hydrogens is 430 g/mol. The van der Waals surface area contributed by atoms with Gasteiger partial charge in [0.1, 0.15) is 0 Å². The summed E-state index contributed by atoms with van der Waals surface area (Å²) in [6.45, 7) is 12.1. The number of carbonyl (C=O) groups excluding carboxylic acids is 1. The lowest BCUT2D eigenvalue weighted by Gasteiger charge is -2.14. The van der Waals surface area contributed by atoms with Gasteiger partial charge in [-0.1, -0.05) is 72.9 Å². The molecule has 3 rings (SSSR count). The molecule has 0 radical (unpaired) electrons. The van der Waals surface area contributed by atoms with E-state index in [1.165, 1.54) is 12.5 Å². The van der Waals surface area contributed by atoms with Crippen LogP contribution in [-0.4, -0.2) is 17.5 Å². The van der Waals surface area contributed by atoms with E-state index in [9.17, 15) is 13.6 Å². The summed E-state index contributed by atoms with van der Waals surface area (Å²) in [5, 5.41) is 2.77. The van der Waals surface area contributed by atoms with E-state index in [1.807, 2.05) is 75.4 Å². The highest BCUT2D eigenvalue weighted by Crippen LogP contribution is 2.31. The Balaban J connectivity index is 0.000000440. The maximum atomic E-state index is 13.7. The lowest BCUT2D eigenvalue weighted by atomic mass is 9.98. The van der Waals surface area contributed by atoms with Crippen molar-refractivity contribution in [1.29, 1.82) is 0 Å². The zero-order valence-electron chi connectivity index (χ0n) is 20.5. The quantitative estimate of drug-likeness (QED) is 0.268. The Hall–Kier alpha value is -3.60. The van der Waals surface area contributed by atoms with Crippen molar-refractivity contribution in [3.05, 3.63) is 107 Å². The number of benzene rings is 2. The molecule has 0 bridgehead atoms. The Morgan fingerprint density at radius 2 is 1.76 bits per heavy atom. The number of alkyl halides is 2. The summed E-state index contributed by atoms with van der Waals surface area (Å²) >= 11 is 0. The van der Waals surface area contributed by atoms with Crippen molar-refractivity contribution >= 4 is 22.9 Å². The van der Waals surface area contributed by atoms with Crippen molar-refractivity contribution in [3.63, 3.8) is 0 Å². The van der Waals surface area contributed by atoms with Crippen molar-refractivity contribution in [2.45, 2.75) is 47.1 Å². The number of rotatable bonds is 6. The number of hydrogen-bond acceptors (Lipinski definition) is 2. The standard InChI is InChI=1S/C21H20F2N2O.C8H12/c1-13(15-7-5-4-6-8-15)19(25-14(2)21(3,22)23)16-9-10-18-17(11-16)12-24-20(18)26;1-4-6-8(3)7-5-2/h4-11H,12H2,1-3H3,(H,24,26);4-7H,1H2,2-3H3/b19-13+,25-14?;7-5-,8-6-. The van der Waals surface area contributed by atoms with Gasteiger partial charge in [0.2, 0.25) is 0 Å². The van der Waals surface area contributed by atoms with E-state index in [1.54, 1.807) is 18.2 Å². The minimum Gasteiger partial charge on any atom is -0.348 e. The Labute approximate surface area is 201 Å². The summed E-state index contributed by atoms with van der Waals surface area (Å²) in [5.41, 5.74) is 5.36. The predicted molar refractivity (Wildman–Crippen MR) is 139 cm³/mol. The molecule has 1 amide bonds. The number of fused-ring (bicyclic) bond motifs is 1. The van der Waals surface area contributed by atoms with Crippen LogP contribution in [0.3, 0.4) is 0 Å². The second-order valence-corrected chi connectivity index (χ2v) is 8.13. The second-order valence-electron chi connectivity index (χ2n) is 8.13. The Kier molecular flexibility index (Phi) is 9.43. The first-order chi connectivity index (χ1) is 16.1. The van der Waals surface area contributed by atoms with Crippen LogP contribution in [0.2, 0.25) is 0 Å². The van der Waals surface area contributed by atoms with Crippen molar-refractivity contribution < 1.29 is 13.6 Å². The SMILES string of the molecule is C=C/C=C(C)\C=C/C.CC(=N/C(=C(\C)c1ccccc1)c1ccc2c(c1)CNC2=O)C(C)(F)F. The van der Waals surface area contributed by atoms with E-state index in [0.29, 0.717) is 23.4 Å². The van der Waals surface area contributed by atoms with E-state index < -0.39 is 5.92 Å². The normalized spacial score (nSPS) is 14.7. The maximum Gasteiger partial charge on any atom is 0.282 e. The van der Waals surface area contributed by atoms with Crippen LogP contribution in [0.4, 0.5) is 8.78 Å². The fourth-order valence-corrected chi connectivity index (χ4v) is 3.34. The average molecular weight is 463 g/mol. The zero-order valence-corrected chi connectivity index (χ0v) is 20.5.